The second-order valence-electron chi connectivity index (χ2n) is 10.3. The van der Waals surface area contributed by atoms with Crippen molar-refractivity contribution in [2.24, 2.45) is 11.8 Å². The van der Waals surface area contributed by atoms with E-state index in [1.807, 2.05) is 0 Å². The number of rotatable bonds is 9. The van der Waals surface area contributed by atoms with Gasteiger partial charge in [-0.05, 0) is 53.4 Å². The molecule has 0 fully saturated rings. The molecule has 186 valence electrons. The molecule has 0 aromatic heterocycles. The summed E-state index contributed by atoms with van der Waals surface area (Å²) in [7, 11) is 0. The minimum absolute atomic E-state index is 0.154. The van der Waals surface area contributed by atoms with Crippen molar-refractivity contribution in [2.45, 2.75) is 92.5 Å². The van der Waals surface area contributed by atoms with Crippen LogP contribution in [0.15, 0.2) is 0 Å². The second kappa shape index (κ2) is 12.5. The maximum atomic E-state index is 12.5. The Morgan fingerprint density at radius 2 is 0.906 bits per heavy atom. The van der Waals surface area contributed by atoms with Crippen LogP contribution in [0.25, 0.3) is 0 Å². The monoisotopic (exact) mass is 458 g/mol. The summed E-state index contributed by atoms with van der Waals surface area (Å²) in [5.41, 5.74) is -1.35. The summed E-state index contributed by atoms with van der Waals surface area (Å²) in [5, 5.41) is 10.5. The number of carbonyl (C=O) groups excluding carboxylic acids is 4. The fourth-order valence-corrected chi connectivity index (χ4v) is 2.53. The normalized spacial score (nSPS) is 13.8. The van der Waals surface area contributed by atoms with Gasteiger partial charge in [-0.25, -0.2) is 9.59 Å². The van der Waals surface area contributed by atoms with Crippen molar-refractivity contribution in [3.63, 3.8) is 0 Å². The maximum absolute atomic E-state index is 12.5. The highest BCUT2D eigenvalue weighted by atomic mass is 16.6. The molecule has 0 unspecified atom stereocenters. The van der Waals surface area contributed by atoms with Crippen LogP contribution in [0.4, 0.5) is 9.59 Å². The number of hydrogen-bond acceptors (Lipinski definition) is 6. The van der Waals surface area contributed by atoms with E-state index in [0.717, 1.165) is 0 Å². The molecule has 0 aliphatic heterocycles. The minimum atomic E-state index is -0.780. The molecule has 0 aromatic carbocycles. The maximum Gasteiger partial charge on any atom is 0.408 e. The molecular weight excluding hydrogens is 416 g/mol. The van der Waals surface area contributed by atoms with Gasteiger partial charge in [-0.15, -0.1) is 0 Å². The molecule has 10 nitrogen and oxygen atoms in total. The van der Waals surface area contributed by atoms with E-state index in [1.165, 1.54) is 0 Å². The smallest absolute Gasteiger partial charge is 0.408 e. The van der Waals surface area contributed by atoms with Crippen molar-refractivity contribution in [1.29, 1.82) is 0 Å². The zero-order valence-electron chi connectivity index (χ0n) is 21.2. The van der Waals surface area contributed by atoms with Crippen LogP contribution in [0.3, 0.4) is 0 Å². The number of hydrogen-bond donors (Lipinski definition) is 4. The van der Waals surface area contributed by atoms with E-state index < -0.39 is 35.5 Å². The van der Waals surface area contributed by atoms with Crippen LogP contribution < -0.4 is 21.3 Å². The van der Waals surface area contributed by atoms with Gasteiger partial charge in [0.1, 0.15) is 23.3 Å². The lowest BCUT2D eigenvalue weighted by atomic mass is 10.0. The van der Waals surface area contributed by atoms with Gasteiger partial charge in [-0.2, -0.15) is 0 Å². The standard InChI is InChI=1S/C22H42N4O6/c1-13(2)15(25-19(29)31-21(5,6)7)17(27)23-11-12-24-18(28)16(14(3)4)26-20(30)32-22(8,9)10/h13-16H,11-12H2,1-10H3,(H,23,27)(H,24,28)(H,25,29)(H,26,30)/t15-,16-/m0/s1. The predicted molar refractivity (Wildman–Crippen MR) is 122 cm³/mol. The van der Waals surface area contributed by atoms with E-state index in [2.05, 4.69) is 21.3 Å². The Kier molecular flexibility index (Phi) is 11.5. The van der Waals surface area contributed by atoms with Crippen molar-refractivity contribution >= 4 is 24.0 Å². The van der Waals surface area contributed by atoms with E-state index in [-0.39, 0.29) is 36.7 Å². The second-order valence-corrected chi connectivity index (χ2v) is 10.3. The Balaban J connectivity index is 4.67. The Bertz CT molecular complexity index is 594. The average Bonchev–Trinajstić information content (AvgIpc) is 2.57. The van der Waals surface area contributed by atoms with Crippen LogP contribution in [0.5, 0.6) is 0 Å². The third-order valence-electron chi connectivity index (χ3n) is 3.97. The molecule has 0 radical (unpaired) electrons. The van der Waals surface area contributed by atoms with Crippen LogP contribution >= 0.6 is 0 Å². The lowest BCUT2D eigenvalue weighted by Crippen LogP contribution is -2.53. The van der Waals surface area contributed by atoms with Crippen LogP contribution in [0, 0.1) is 11.8 Å². The summed E-state index contributed by atoms with van der Waals surface area (Å²) in [6, 6.07) is -1.56. The Morgan fingerprint density at radius 3 is 1.12 bits per heavy atom. The van der Waals surface area contributed by atoms with E-state index >= 15 is 0 Å². The minimum Gasteiger partial charge on any atom is -0.444 e. The zero-order chi connectivity index (χ0) is 25.3. The highest BCUT2D eigenvalue weighted by molar-refractivity contribution is 5.87. The van der Waals surface area contributed by atoms with Gasteiger partial charge in [-0.3, -0.25) is 9.59 Å². The summed E-state index contributed by atoms with van der Waals surface area (Å²) < 4.78 is 10.4. The van der Waals surface area contributed by atoms with Crippen molar-refractivity contribution in [2.75, 3.05) is 13.1 Å². The average molecular weight is 459 g/mol. The molecule has 0 saturated carbocycles. The topological polar surface area (TPSA) is 135 Å². The number of carbonyl (C=O) groups is 4. The molecule has 4 N–H and O–H groups in total. The van der Waals surface area contributed by atoms with E-state index in [0.29, 0.717) is 0 Å². The van der Waals surface area contributed by atoms with Gasteiger partial charge in [0.2, 0.25) is 11.8 Å². The van der Waals surface area contributed by atoms with Gasteiger partial charge in [0.15, 0.2) is 0 Å². The van der Waals surface area contributed by atoms with Gasteiger partial charge in [-0.1, -0.05) is 27.7 Å². The molecule has 0 heterocycles. The van der Waals surface area contributed by atoms with Gasteiger partial charge in [0.25, 0.3) is 0 Å². The number of amides is 4. The molecule has 2 atom stereocenters. The highest BCUT2D eigenvalue weighted by Crippen LogP contribution is 2.10. The molecule has 0 rings (SSSR count). The summed E-state index contributed by atoms with van der Waals surface area (Å²) in [6.45, 7) is 18.0. The van der Waals surface area contributed by atoms with E-state index in [4.69, 9.17) is 9.47 Å². The van der Waals surface area contributed by atoms with Crippen molar-refractivity contribution < 1.29 is 28.7 Å². The van der Waals surface area contributed by atoms with E-state index in [1.54, 1.807) is 69.2 Å². The van der Waals surface area contributed by atoms with Crippen LogP contribution in [-0.4, -0.2) is 60.4 Å². The van der Waals surface area contributed by atoms with E-state index in [9.17, 15) is 19.2 Å². The summed E-state index contributed by atoms with van der Waals surface area (Å²) >= 11 is 0. The Morgan fingerprint density at radius 1 is 0.625 bits per heavy atom. The molecule has 32 heavy (non-hydrogen) atoms. The Hall–Kier alpha value is -2.52. The Labute approximate surface area is 191 Å². The SMILES string of the molecule is CC(C)[C@H](NC(=O)OC(C)(C)C)C(=O)NCCNC(=O)[C@@H](NC(=O)OC(C)(C)C)C(C)C. The fourth-order valence-electron chi connectivity index (χ4n) is 2.53. The molecular formula is C22H42N4O6. The lowest BCUT2D eigenvalue weighted by molar-refractivity contribution is -0.125. The molecule has 0 bridgehead atoms. The van der Waals surface area contributed by atoms with Gasteiger partial charge in [0.05, 0.1) is 0 Å². The predicted octanol–water partition coefficient (Wildman–Crippen LogP) is 2.32. The molecule has 0 aliphatic rings. The largest absolute Gasteiger partial charge is 0.444 e. The van der Waals surface area contributed by atoms with Gasteiger partial charge < -0.3 is 30.7 Å². The quantitative estimate of drug-likeness (QED) is 0.392. The summed E-state index contributed by atoms with van der Waals surface area (Å²) in [6.07, 6.45) is -1.35. The van der Waals surface area contributed by atoms with Crippen molar-refractivity contribution in [3.05, 3.63) is 0 Å². The molecule has 10 heteroatoms. The number of alkyl carbamates (subject to hydrolysis) is 2. The zero-order valence-corrected chi connectivity index (χ0v) is 21.2. The van der Waals surface area contributed by atoms with Gasteiger partial charge >= 0.3 is 12.2 Å². The number of nitrogens with one attached hydrogen (secondary N) is 4. The first kappa shape index (κ1) is 29.5. The lowest BCUT2D eigenvalue weighted by Gasteiger charge is -2.26. The first-order valence-corrected chi connectivity index (χ1v) is 11.0. The molecule has 0 aliphatic carbocycles. The molecule has 0 spiro atoms. The molecule has 4 amide bonds. The van der Waals surface area contributed by atoms with Crippen molar-refractivity contribution in [3.8, 4) is 0 Å². The fraction of sp³-hybridized carbons (Fsp3) is 0.818. The first-order valence-electron chi connectivity index (χ1n) is 11.0. The number of ether oxygens (including phenoxy) is 2. The third kappa shape index (κ3) is 13.0. The summed E-state index contributed by atoms with van der Waals surface area (Å²) in [4.78, 5) is 49.0. The third-order valence-corrected chi connectivity index (χ3v) is 3.97. The van der Waals surface area contributed by atoms with Crippen LogP contribution in [0.2, 0.25) is 0 Å². The summed E-state index contributed by atoms with van der Waals surface area (Å²) in [5.74, 6) is -1.10. The molecule has 0 aromatic rings. The van der Waals surface area contributed by atoms with Crippen LogP contribution in [0.1, 0.15) is 69.2 Å². The highest BCUT2D eigenvalue weighted by Gasteiger charge is 2.28. The molecule has 0 saturated heterocycles. The van der Waals surface area contributed by atoms with Crippen molar-refractivity contribution in [1.82, 2.24) is 21.3 Å². The van der Waals surface area contributed by atoms with Gasteiger partial charge in [0, 0.05) is 13.1 Å². The van der Waals surface area contributed by atoms with Crippen LogP contribution in [-0.2, 0) is 19.1 Å². The first-order chi connectivity index (χ1) is 14.4.